The molecule has 0 bridgehead atoms. The van der Waals surface area contributed by atoms with Crippen LogP contribution in [0.5, 0.6) is 0 Å². The summed E-state index contributed by atoms with van der Waals surface area (Å²) in [7, 11) is 1.37. The van der Waals surface area contributed by atoms with Gasteiger partial charge in [0.15, 0.2) is 5.69 Å². The van der Waals surface area contributed by atoms with Crippen LogP contribution in [-0.2, 0) is 4.74 Å². The van der Waals surface area contributed by atoms with Gasteiger partial charge >= 0.3 is 5.97 Å². The van der Waals surface area contributed by atoms with Gasteiger partial charge in [-0.25, -0.2) is 9.78 Å². The first kappa shape index (κ1) is 13.5. The molecule has 0 N–H and O–H groups in total. The number of imidazole rings is 1. The summed E-state index contributed by atoms with van der Waals surface area (Å²) in [5, 5.41) is 1.09. The van der Waals surface area contributed by atoms with Crippen molar-refractivity contribution in [2.75, 3.05) is 7.11 Å². The van der Waals surface area contributed by atoms with Crippen molar-refractivity contribution in [3.05, 3.63) is 72.4 Å². The topological polar surface area (TPSA) is 43.6 Å². The molecule has 0 saturated carbocycles. The Morgan fingerprint density at radius 1 is 0.957 bits per heavy atom. The zero-order valence-corrected chi connectivity index (χ0v) is 12.6. The predicted octanol–water partition coefficient (Wildman–Crippen LogP) is 3.94. The molecule has 23 heavy (non-hydrogen) atoms. The number of nitrogens with zero attached hydrogens (tertiary/aromatic N) is 2. The van der Waals surface area contributed by atoms with Crippen molar-refractivity contribution in [3.63, 3.8) is 0 Å². The average Bonchev–Trinajstić information content (AvgIpc) is 3.02. The smallest absolute Gasteiger partial charge is 0.358 e. The number of carbonyl (C=O) groups excluding carboxylic acids is 1. The van der Waals surface area contributed by atoms with E-state index in [1.54, 1.807) is 0 Å². The second kappa shape index (κ2) is 5.25. The maximum atomic E-state index is 12.2. The Morgan fingerprint density at radius 3 is 2.48 bits per heavy atom. The lowest BCUT2D eigenvalue weighted by Gasteiger charge is -2.07. The van der Waals surface area contributed by atoms with E-state index in [1.165, 1.54) is 7.11 Å². The Hall–Kier alpha value is -3.14. The molecule has 112 valence electrons. The molecule has 0 radical (unpaired) electrons. The quantitative estimate of drug-likeness (QED) is 0.527. The van der Waals surface area contributed by atoms with E-state index < -0.39 is 5.97 Å². The van der Waals surface area contributed by atoms with Gasteiger partial charge in [-0.05, 0) is 23.6 Å². The fraction of sp³-hybridized carbons (Fsp3) is 0.0526. The van der Waals surface area contributed by atoms with Gasteiger partial charge in [-0.2, -0.15) is 0 Å². The predicted molar refractivity (Wildman–Crippen MR) is 89.5 cm³/mol. The SMILES string of the molecule is COC(=O)c1nc2ccc3ccccc3n2c1-c1ccccc1. The summed E-state index contributed by atoms with van der Waals surface area (Å²) in [5.41, 5.74) is 3.74. The molecule has 2 aromatic carbocycles. The summed E-state index contributed by atoms with van der Waals surface area (Å²) in [6.07, 6.45) is 0. The molecular weight excluding hydrogens is 288 g/mol. The summed E-state index contributed by atoms with van der Waals surface area (Å²) >= 11 is 0. The number of pyridine rings is 1. The minimum atomic E-state index is -0.434. The standard InChI is InChI=1S/C19H14N2O2/c1-23-19(22)17-18(14-8-3-2-4-9-14)21-15-10-6-5-7-13(15)11-12-16(21)20-17/h2-12H,1H3. The molecule has 0 unspecified atom stereocenters. The second-order valence-electron chi connectivity index (χ2n) is 5.25. The van der Waals surface area contributed by atoms with E-state index in [2.05, 4.69) is 4.98 Å². The van der Waals surface area contributed by atoms with Crippen molar-refractivity contribution in [2.45, 2.75) is 0 Å². The van der Waals surface area contributed by atoms with Crippen LogP contribution in [0.2, 0.25) is 0 Å². The third-order valence-electron chi connectivity index (χ3n) is 3.92. The first-order valence-electron chi connectivity index (χ1n) is 7.33. The number of ether oxygens (including phenoxy) is 1. The van der Waals surface area contributed by atoms with E-state index in [4.69, 9.17) is 4.74 Å². The Kier molecular flexibility index (Phi) is 3.08. The van der Waals surface area contributed by atoms with Crippen molar-refractivity contribution in [3.8, 4) is 11.3 Å². The first-order valence-corrected chi connectivity index (χ1v) is 7.33. The van der Waals surface area contributed by atoms with Crippen LogP contribution < -0.4 is 0 Å². The second-order valence-corrected chi connectivity index (χ2v) is 5.25. The average molecular weight is 302 g/mol. The number of benzene rings is 2. The van der Waals surface area contributed by atoms with Crippen molar-refractivity contribution < 1.29 is 9.53 Å². The van der Waals surface area contributed by atoms with Gasteiger partial charge < -0.3 is 4.74 Å². The monoisotopic (exact) mass is 302 g/mol. The Morgan fingerprint density at radius 2 is 1.70 bits per heavy atom. The molecule has 0 fully saturated rings. The molecule has 0 saturated heterocycles. The normalized spacial score (nSPS) is 11.0. The third-order valence-corrected chi connectivity index (χ3v) is 3.92. The molecule has 4 aromatic rings. The van der Waals surface area contributed by atoms with Gasteiger partial charge in [-0.3, -0.25) is 4.40 Å². The van der Waals surface area contributed by atoms with E-state index in [0.29, 0.717) is 5.69 Å². The van der Waals surface area contributed by atoms with Crippen LogP contribution in [0.4, 0.5) is 0 Å². The fourth-order valence-electron chi connectivity index (χ4n) is 2.89. The highest BCUT2D eigenvalue weighted by Crippen LogP contribution is 2.29. The lowest BCUT2D eigenvalue weighted by Crippen LogP contribution is -2.04. The van der Waals surface area contributed by atoms with Crippen LogP contribution in [0.25, 0.3) is 27.8 Å². The van der Waals surface area contributed by atoms with Gasteiger partial charge in [0.25, 0.3) is 0 Å². The van der Waals surface area contributed by atoms with Crippen LogP contribution in [0, 0.1) is 0 Å². The van der Waals surface area contributed by atoms with Crippen LogP contribution in [0.1, 0.15) is 10.5 Å². The van der Waals surface area contributed by atoms with Gasteiger partial charge in [0, 0.05) is 5.56 Å². The maximum Gasteiger partial charge on any atom is 0.358 e. The van der Waals surface area contributed by atoms with Gasteiger partial charge in [-0.15, -0.1) is 0 Å². The zero-order chi connectivity index (χ0) is 15.8. The highest BCUT2D eigenvalue weighted by atomic mass is 16.5. The van der Waals surface area contributed by atoms with Gasteiger partial charge in [-0.1, -0.05) is 48.5 Å². The molecule has 4 heteroatoms. The van der Waals surface area contributed by atoms with Crippen molar-refractivity contribution >= 4 is 22.5 Å². The first-order chi connectivity index (χ1) is 11.3. The minimum Gasteiger partial charge on any atom is -0.464 e. The van der Waals surface area contributed by atoms with E-state index in [-0.39, 0.29) is 0 Å². The third kappa shape index (κ3) is 2.07. The molecule has 2 heterocycles. The van der Waals surface area contributed by atoms with Crippen LogP contribution in [0.3, 0.4) is 0 Å². The van der Waals surface area contributed by atoms with Gasteiger partial charge in [0.2, 0.25) is 0 Å². The van der Waals surface area contributed by atoms with Crippen LogP contribution >= 0.6 is 0 Å². The number of hydrogen-bond donors (Lipinski definition) is 0. The fourth-order valence-corrected chi connectivity index (χ4v) is 2.89. The summed E-state index contributed by atoms with van der Waals surface area (Å²) in [6, 6.07) is 21.7. The number of para-hydroxylation sites is 1. The molecule has 4 rings (SSSR count). The lowest BCUT2D eigenvalue weighted by atomic mass is 10.1. The number of aromatic nitrogens is 2. The maximum absolute atomic E-state index is 12.2. The molecular formula is C19H14N2O2. The van der Waals surface area contributed by atoms with E-state index in [9.17, 15) is 4.79 Å². The highest BCUT2D eigenvalue weighted by molar-refractivity contribution is 5.97. The number of hydrogen-bond acceptors (Lipinski definition) is 3. The molecule has 0 aliphatic rings. The van der Waals surface area contributed by atoms with Crippen molar-refractivity contribution in [1.82, 2.24) is 9.38 Å². The Balaban J connectivity index is 2.18. The van der Waals surface area contributed by atoms with Crippen molar-refractivity contribution in [2.24, 2.45) is 0 Å². The minimum absolute atomic E-state index is 0.329. The van der Waals surface area contributed by atoms with Crippen LogP contribution in [0.15, 0.2) is 66.7 Å². The Bertz CT molecular complexity index is 1020. The summed E-state index contributed by atoms with van der Waals surface area (Å²) < 4.78 is 6.94. The van der Waals surface area contributed by atoms with Crippen molar-refractivity contribution in [1.29, 1.82) is 0 Å². The molecule has 0 atom stereocenters. The molecule has 0 aliphatic heterocycles. The molecule has 0 spiro atoms. The van der Waals surface area contributed by atoms with E-state index in [0.717, 1.165) is 27.8 Å². The molecule has 0 amide bonds. The Labute approximate surface area is 133 Å². The zero-order valence-electron chi connectivity index (χ0n) is 12.6. The summed E-state index contributed by atoms with van der Waals surface area (Å²) in [6.45, 7) is 0. The van der Waals surface area contributed by atoms with E-state index in [1.807, 2.05) is 71.1 Å². The largest absolute Gasteiger partial charge is 0.464 e. The number of esters is 1. The number of fused-ring (bicyclic) bond motifs is 3. The molecule has 0 aliphatic carbocycles. The van der Waals surface area contributed by atoms with E-state index >= 15 is 0 Å². The summed E-state index contributed by atoms with van der Waals surface area (Å²) in [4.78, 5) is 16.7. The number of rotatable bonds is 2. The molecule has 2 aromatic heterocycles. The lowest BCUT2D eigenvalue weighted by molar-refractivity contribution is 0.0596. The van der Waals surface area contributed by atoms with Gasteiger partial charge in [0.05, 0.1) is 18.3 Å². The highest BCUT2D eigenvalue weighted by Gasteiger charge is 2.21. The van der Waals surface area contributed by atoms with Gasteiger partial charge in [0.1, 0.15) is 5.65 Å². The number of carbonyl (C=O) groups is 1. The van der Waals surface area contributed by atoms with Crippen LogP contribution in [-0.4, -0.2) is 22.5 Å². The number of methoxy groups -OCH3 is 1. The molecule has 4 nitrogen and oxygen atoms in total. The summed E-state index contributed by atoms with van der Waals surface area (Å²) in [5.74, 6) is -0.434.